The van der Waals surface area contributed by atoms with Gasteiger partial charge < -0.3 is 5.32 Å². The molecule has 1 N–H and O–H groups in total. The fourth-order valence-corrected chi connectivity index (χ4v) is 3.05. The third-order valence-corrected chi connectivity index (χ3v) is 5.26. The molecule has 0 aromatic heterocycles. The molecule has 0 fully saturated rings. The van der Waals surface area contributed by atoms with Crippen LogP contribution in [-0.4, -0.2) is 26.5 Å². The van der Waals surface area contributed by atoms with E-state index in [0.29, 0.717) is 16.6 Å². The van der Waals surface area contributed by atoms with Crippen molar-refractivity contribution in [3.8, 4) is 0 Å². The van der Waals surface area contributed by atoms with E-state index in [9.17, 15) is 8.42 Å². The van der Waals surface area contributed by atoms with E-state index in [1.54, 1.807) is 19.1 Å². The van der Waals surface area contributed by atoms with Gasteiger partial charge >= 0.3 is 0 Å². The average Bonchev–Trinajstić information content (AvgIpc) is 2.36. The van der Waals surface area contributed by atoms with Crippen LogP contribution in [0.1, 0.15) is 31.9 Å². The molecule has 0 saturated carbocycles. The molecular weight excluding hydrogens is 305 g/mol. The summed E-state index contributed by atoms with van der Waals surface area (Å²) in [5, 5.41) is 4.43. The Hall–Kier alpha value is -0.290. The Labute approximate surface area is 125 Å². The molecule has 0 aliphatic heterocycles. The first-order valence-electron chi connectivity index (χ1n) is 6.28. The standard InChI is InChI=1S/C13H19Cl2NO2S/c1-3-13(16-7-8-19(17,18)4-2)11-6-5-10(14)9-12(11)15/h5-6,9,13,16H,3-4,7-8H2,1-2H3. The van der Waals surface area contributed by atoms with Crippen molar-refractivity contribution in [1.29, 1.82) is 0 Å². The third-order valence-electron chi connectivity index (χ3n) is 2.99. The number of hydrogen-bond acceptors (Lipinski definition) is 3. The summed E-state index contributed by atoms with van der Waals surface area (Å²) in [6.07, 6.45) is 0.827. The van der Waals surface area contributed by atoms with E-state index < -0.39 is 9.84 Å². The van der Waals surface area contributed by atoms with E-state index in [1.807, 2.05) is 13.0 Å². The Morgan fingerprint density at radius 2 is 1.95 bits per heavy atom. The molecule has 0 aliphatic carbocycles. The van der Waals surface area contributed by atoms with Gasteiger partial charge in [0.1, 0.15) is 0 Å². The van der Waals surface area contributed by atoms with Crippen LogP contribution in [0.2, 0.25) is 10.0 Å². The van der Waals surface area contributed by atoms with Gasteiger partial charge in [-0.3, -0.25) is 0 Å². The fraction of sp³-hybridized carbons (Fsp3) is 0.538. The zero-order valence-electron chi connectivity index (χ0n) is 11.1. The van der Waals surface area contributed by atoms with E-state index >= 15 is 0 Å². The van der Waals surface area contributed by atoms with Crippen LogP contribution >= 0.6 is 23.2 Å². The summed E-state index contributed by atoms with van der Waals surface area (Å²) in [6, 6.07) is 5.40. The highest BCUT2D eigenvalue weighted by Gasteiger charge is 2.14. The van der Waals surface area contributed by atoms with Gasteiger partial charge in [0.2, 0.25) is 0 Å². The molecule has 0 amide bonds. The number of hydrogen-bond donors (Lipinski definition) is 1. The summed E-state index contributed by atoms with van der Waals surface area (Å²) >= 11 is 12.0. The molecule has 108 valence electrons. The van der Waals surface area contributed by atoms with Gasteiger partial charge in [0.25, 0.3) is 0 Å². The van der Waals surface area contributed by atoms with Crippen molar-refractivity contribution in [2.75, 3.05) is 18.1 Å². The zero-order chi connectivity index (χ0) is 14.5. The van der Waals surface area contributed by atoms with Crippen LogP contribution in [0.3, 0.4) is 0 Å². The highest BCUT2D eigenvalue weighted by Crippen LogP contribution is 2.27. The minimum Gasteiger partial charge on any atom is -0.309 e. The monoisotopic (exact) mass is 323 g/mol. The average molecular weight is 324 g/mol. The SMILES string of the molecule is CCC(NCCS(=O)(=O)CC)c1ccc(Cl)cc1Cl. The summed E-state index contributed by atoms with van der Waals surface area (Å²) in [5.74, 6) is 0.318. The molecule has 3 nitrogen and oxygen atoms in total. The van der Waals surface area contributed by atoms with Gasteiger partial charge in [-0.1, -0.05) is 43.1 Å². The summed E-state index contributed by atoms with van der Waals surface area (Å²) < 4.78 is 22.9. The Bertz CT molecular complexity index is 517. The minimum absolute atomic E-state index is 0.0387. The first kappa shape index (κ1) is 16.8. The lowest BCUT2D eigenvalue weighted by molar-refractivity contribution is 0.532. The van der Waals surface area contributed by atoms with Crippen molar-refractivity contribution in [3.05, 3.63) is 33.8 Å². The van der Waals surface area contributed by atoms with Gasteiger partial charge in [-0.15, -0.1) is 0 Å². The van der Waals surface area contributed by atoms with Gasteiger partial charge in [0, 0.05) is 28.4 Å². The third kappa shape index (κ3) is 5.30. The molecular formula is C13H19Cl2NO2S. The summed E-state index contributed by atoms with van der Waals surface area (Å²) in [5.41, 5.74) is 0.947. The Kier molecular flexibility index (Phi) is 6.60. The van der Waals surface area contributed by atoms with Crippen molar-refractivity contribution < 1.29 is 8.42 Å². The lowest BCUT2D eigenvalue weighted by Gasteiger charge is -2.18. The maximum atomic E-state index is 11.4. The van der Waals surface area contributed by atoms with Crippen LogP contribution in [-0.2, 0) is 9.84 Å². The molecule has 1 aromatic carbocycles. The smallest absolute Gasteiger partial charge is 0.151 e. The largest absolute Gasteiger partial charge is 0.309 e. The Morgan fingerprint density at radius 3 is 2.47 bits per heavy atom. The summed E-state index contributed by atoms with van der Waals surface area (Å²) in [7, 11) is -2.94. The maximum Gasteiger partial charge on any atom is 0.151 e. The van der Waals surface area contributed by atoms with Crippen LogP contribution in [0.4, 0.5) is 0 Å². The van der Waals surface area contributed by atoms with E-state index in [4.69, 9.17) is 23.2 Å². The lowest BCUT2D eigenvalue weighted by atomic mass is 10.0. The van der Waals surface area contributed by atoms with Gasteiger partial charge in [0.15, 0.2) is 9.84 Å². The second-order valence-corrected chi connectivity index (χ2v) is 7.63. The molecule has 19 heavy (non-hydrogen) atoms. The van der Waals surface area contributed by atoms with Crippen LogP contribution in [0, 0.1) is 0 Å². The highest BCUT2D eigenvalue weighted by molar-refractivity contribution is 7.91. The quantitative estimate of drug-likeness (QED) is 0.835. The molecule has 6 heteroatoms. The molecule has 1 atom stereocenters. The van der Waals surface area contributed by atoms with Crippen LogP contribution in [0.5, 0.6) is 0 Å². The van der Waals surface area contributed by atoms with Crippen molar-refractivity contribution in [1.82, 2.24) is 5.32 Å². The van der Waals surface area contributed by atoms with Crippen molar-refractivity contribution >= 4 is 33.0 Å². The van der Waals surface area contributed by atoms with Gasteiger partial charge in [-0.2, -0.15) is 0 Å². The topological polar surface area (TPSA) is 46.2 Å². The molecule has 0 radical (unpaired) electrons. The highest BCUT2D eigenvalue weighted by atomic mass is 35.5. The molecule has 1 rings (SSSR count). The molecule has 0 aliphatic rings. The number of sulfone groups is 1. The molecule has 1 unspecified atom stereocenters. The summed E-state index contributed by atoms with van der Waals surface area (Å²) in [6.45, 7) is 4.10. The van der Waals surface area contributed by atoms with Crippen molar-refractivity contribution in [2.24, 2.45) is 0 Å². The number of rotatable bonds is 7. The maximum absolute atomic E-state index is 11.4. The zero-order valence-corrected chi connectivity index (χ0v) is 13.4. The predicted octanol–water partition coefficient (Wildman–Crippen LogP) is 3.47. The van der Waals surface area contributed by atoms with Gasteiger partial charge in [-0.05, 0) is 24.1 Å². The Balaban J connectivity index is 2.68. The summed E-state index contributed by atoms with van der Waals surface area (Å²) in [4.78, 5) is 0. The number of halogens is 2. The molecule has 1 aromatic rings. The van der Waals surface area contributed by atoms with Gasteiger partial charge in [-0.25, -0.2) is 8.42 Å². The number of nitrogens with one attached hydrogen (secondary N) is 1. The van der Waals surface area contributed by atoms with Gasteiger partial charge in [0.05, 0.1) is 5.75 Å². The fourth-order valence-electron chi connectivity index (χ4n) is 1.79. The molecule has 0 heterocycles. The second kappa shape index (κ2) is 7.48. The van der Waals surface area contributed by atoms with E-state index in [-0.39, 0.29) is 17.5 Å². The lowest BCUT2D eigenvalue weighted by Crippen LogP contribution is -2.27. The van der Waals surface area contributed by atoms with E-state index in [2.05, 4.69) is 5.32 Å². The van der Waals surface area contributed by atoms with Crippen LogP contribution in [0.25, 0.3) is 0 Å². The first-order valence-corrected chi connectivity index (χ1v) is 8.86. The Morgan fingerprint density at radius 1 is 1.26 bits per heavy atom. The predicted molar refractivity (Wildman–Crippen MR) is 81.8 cm³/mol. The van der Waals surface area contributed by atoms with Crippen molar-refractivity contribution in [2.45, 2.75) is 26.3 Å². The van der Waals surface area contributed by atoms with Crippen molar-refractivity contribution in [3.63, 3.8) is 0 Å². The minimum atomic E-state index is -2.94. The molecule has 0 spiro atoms. The first-order chi connectivity index (χ1) is 8.89. The van der Waals surface area contributed by atoms with E-state index in [1.165, 1.54) is 0 Å². The molecule has 0 saturated heterocycles. The normalized spacial score (nSPS) is 13.5. The van der Waals surface area contributed by atoms with Crippen LogP contribution in [0.15, 0.2) is 18.2 Å². The number of benzene rings is 1. The molecule has 0 bridgehead atoms. The van der Waals surface area contributed by atoms with Crippen LogP contribution < -0.4 is 5.32 Å². The second-order valence-electron chi connectivity index (χ2n) is 4.32. The van der Waals surface area contributed by atoms with E-state index in [0.717, 1.165) is 12.0 Å².